The third kappa shape index (κ3) is 6.49. The quantitative estimate of drug-likeness (QED) is 0.715. The van der Waals surface area contributed by atoms with E-state index in [1.54, 1.807) is 13.1 Å². The Kier molecular flexibility index (Phi) is 7.61. The largest absolute Gasteiger partial charge is 0.447 e. The highest BCUT2D eigenvalue weighted by molar-refractivity contribution is 9.10. The van der Waals surface area contributed by atoms with Crippen molar-refractivity contribution in [2.75, 3.05) is 25.5 Å². The van der Waals surface area contributed by atoms with E-state index in [9.17, 15) is 9.59 Å². The summed E-state index contributed by atoms with van der Waals surface area (Å²) in [7, 11) is 1.60. The zero-order valence-corrected chi connectivity index (χ0v) is 16.2. The number of nitrogens with one attached hydrogen (secondary N) is 2. The SMILES string of the molecule is CN(CCOC(=O)Nc1cnc(Br)cn1)C(=O)NCc1ccccc1Cl. The fourth-order valence-corrected chi connectivity index (χ4v) is 2.25. The van der Waals surface area contributed by atoms with Crippen LogP contribution in [0.2, 0.25) is 5.02 Å². The first-order valence-electron chi connectivity index (χ1n) is 7.59. The molecule has 26 heavy (non-hydrogen) atoms. The third-order valence-electron chi connectivity index (χ3n) is 3.24. The number of benzene rings is 1. The van der Waals surface area contributed by atoms with Crippen molar-refractivity contribution in [3.63, 3.8) is 0 Å². The van der Waals surface area contributed by atoms with Crippen LogP contribution >= 0.6 is 27.5 Å². The highest BCUT2D eigenvalue weighted by Crippen LogP contribution is 2.14. The molecule has 0 bridgehead atoms. The van der Waals surface area contributed by atoms with Crippen LogP contribution in [-0.4, -0.2) is 47.2 Å². The van der Waals surface area contributed by atoms with Crippen LogP contribution in [0.3, 0.4) is 0 Å². The fourth-order valence-electron chi connectivity index (χ4n) is 1.84. The van der Waals surface area contributed by atoms with Gasteiger partial charge in [-0.2, -0.15) is 0 Å². The molecular weight excluding hydrogens is 426 g/mol. The van der Waals surface area contributed by atoms with Gasteiger partial charge in [-0.3, -0.25) is 5.32 Å². The molecule has 0 aliphatic heterocycles. The fraction of sp³-hybridized carbons (Fsp3) is 0.250. The zero-order valence-electron chi connectivity index (χ0n) is 13.9. The predicted molar refractivity (Wildman–Crippen MR) is 101 cm³/mol. The molecule has 0 spiro atoms. The Labute approximate surface area is 164 Å². The average molecular weight is 443 g/mol. The molecule has 0 unspecified atom stereocenters. The normalized spacial score (nSPS) is 10.1. The van der Waals surface area contributed by atoms with Gasteiger partial charge < -0.3 is 15.0 Å². The smallest absolute Gasteiger partial charge is 0.412 e. The van der Waals surface area contributed by atoms with Gasteiger partial charge in [0.05, 0.1) is 18.9 Å². The van der Waals surface area contributed by atoms with Crippen LogP contribution in [-0.2, 0) is 11.3 Å². The summed E-state index contributed by atoms with van der Waals surface area (Å²) in [5.41, 5.74) is 0.821. The van der Waals surface area contributed by atoms with Crippen LogP contribution in [0.25, 0.3) is 0 Å². The van der Waals surface area contributed by atoms with Crippen LogP contribution in [0.4, 0.5) is 15.4 Å². The predicted octanol–water partition coefficient (Wildman–Crippen LogP) is 3.28. The first-order chi connectivity index (χ1) is 12.5. The number of halogens is 2. The van der Waals surface area contributed by atoms with Crippen molar-refractivity contribution in [3.05, 3.63) is 51.8 Å². The second-order valence-electron chi connectivity index (χ2n) is 5.16. The van der Waals surface area contributed by atoms with Gasteiger partial charge in [-0.15, -0.1) is 0 Å². The van der Waals surface area contributed by atoms with Crippen LogP contribution in [0.1, 0.15) is 5.56 Å². The maximum absolute atomic E-state index is 12.0. The van der Waals surface area contributed by atoms with Crippen molar-refractivity contribution in [1.29, 1.82) is 0 Å². The molecule has 2 N–H and O–H groups in total. The van der Waals surface area contributed by atoms with Crippen molar-refractivity contribution in [1.82, 2.24) is 20.2 Å². The van der Waals surface area contributed by atoms with E-state index in [1.807, 2.05) is 18.2 Å². The lowest BCUT2D eigenvalue weighted by Crippen LogP contribution is -2.39. The van der Waals surface area contributed by atoms with Crippen molar-refractivity contribution in [2.24, 2.45) is 0 Å². The summed E-state index contributed by atoms with van der Waals surface area (Å²) >= 11 is 9.19. The maximum atomic E-state index is 12.0. The number of carbonyl (C=O) groups is 2. The monoisotopic (exact) mass is 441 g/mol. The standard InChI is InChI=1S/C16H17BrClN5O3/c1-23(15(24)21-8-11-4-2-3-5-12(11)18)6-7-26-16(25)22-14-10-19-13(17)9-20-14/h2-5,9-10H,6-8H2,1H3,(H,21,24)(H,20,22,25). The van der Waals surface area contributed by atoms with Gasteiger partial charge in [0, 0.05) is 18.6 Å². The molecule has 0 radical (unpaired) electrons. The molecular formula is C16H17BrClN5O3. The highest BCUT2D eigenvalue weighted by atomic mass is 79.9. The van der Waals surface area contributed by atoms with E-state index in [-0.39, 0.29) is 25.0 Å². The Morgan fingerprint density at radius 3 is 2.73 bits per heavy atom. The number of aromatic nitrogens is 2. The zero-order chi connectivity index (χ0) is 18.9. The van der Waals surface area contributed by atoms with Gasteiger partial charge in [-0.1, -0.05) is 29.8 Å². The van der Waals surface area contributed by atoms with E-state index in [0.717, 1.165) is 5.56 Å². The van der Waals surface area contributed by atoms with Crippen LogP contribution in [0.15, 0.2) is 41.3 Å². The summed E-state index contributed by atoms with van der Waals surface area (Å²) in [4.78, 5) is 32.9. The number of ether oxygens (including phenoxy) is 1. The van der Waals surface area contributed by atoms with E-state index in [2.05, 4.69) is 36.5 Å². The van der Waals surface area contributed by atoms with Crippen LogP contribution in [0.5, 0.6) is 0 Å². The van der Waals surface area contributed by atoms with Gasteiger partial charge in [0.1, 0.15) is 11.2 Å². The molecule has 1 aromatic heterocycles. The minimum Gasteiger partial charge on any atom is -0.447 e. The molecule has 0 saturated carbocycles. The summed E-state index contributed by atoms with van der Waals surface area (Å²) < 4.78 is 5.56. The second kappa shape index (κ2) is 9.93. The second-order valence-corrected chi connectivity index (χ2v) is 6.38. The van der Waals surface area contributed by atoms with Gasteiger partial charge >= 0.3 is 12.1 Å². The average Bonchev–Trinajstić information content (AvgIpc) is 2.62. The summed E-state index contributed by atoms with van der Waals surface area (Å²) in [5.74, 6) is 0.268. The van der Waals surface area contributed by atoms with E-state index in [4.69, 9.17) is 16.3 Å². The number of amides is 3. The van der Waals surface area contributed by atoms with Crippen LogP contribution in [0, 0.1) is 0 Å². The molecule has 1 heterocycles. The number of nitrogens with zero attached hydrogens (tertiary/aromatic N) is 3. The summed E-state index contributed by atoms with van der Waals surface area (Å²) in [6.45, 7) is 0.575. The Bertz CT molecular complexity index is 760. The number of hydrogen-bond donors (Lipinski definition) is 2. The molecule has 1 aromatic carbocycles. The molecule has 0 aliphatic rings. The number of anilines is 1. The number of rotatable bonds is 6. The minimum atomic E-state index is -0.675. The molecule has 8 nitrogen and oxygen atoms in total. The lowest BCUT2D eigenvalue weighted by atomic mass is 10.2. The van der Waals surface area contributed by atoms with E-state index in [1.165, 1.54) is 17.3 Å². The highest BCUT2D eigenvalue weighted by Gasteiger charge is 2.10. The van der Waals surface area contributed by atoms with Crippen molar-refractivity contribution in [2.45, 2.75) is 6.54 Å². The third-order valence-corrected chi connectivity index (χ3v) is 4.02. The first kappa shape index (κ1) is 19.9. The van der Waals surface area contributed by atoms with E-state index in [0.29, 0.717) is 16.2 Å². The first-order valence-corrected chi connectivity index (χ1v) is 8.76. The molecule has 138 valence electrons. The number of likely N-dealkylation sites (N-methyl/N-ethyl adjacent to an activating group) is 1. The molecule has 0 saturated heterocycles. The molecule has 10 heteroatoms. The Morgan fingerprint density at radius 2 is 2.04 bits per heavy atom. The Morgan fingerprint density at radius 1 is 1.27 bits per heavy atom. The summed E-state index contributed by atoms with van der Waals surface area (Å²) in [5, 5.41) is 5.77. The maximum Gasteiger partial charge on any atom is 0.412 e. The van der Waals surface area contributed by atoms with E-state index >= 15 is 0 Å². The molecule has 0 aliphatic carbocycles. The number of hydrogen-bond acceptors (Lipinski definition) is 5. The van der Waals surface area contributed by atoms with Gasteiger partial charge in [-0.25, -0.2) is 19.6 Å². The summed E-state index contributed by atoms with van der Waals surface area (Å²) in [6.07, 6.45) is 2.17. The number of carbonyl (C=O) groups excluding carboxylic acids is 2. The van der Waals surface area contributed by atoms with Crippen LogP contribution < -0.4 is 10.6 Å². The molecule has 0 atom stereocenters. The lowest BCUT2D eigenvalue weighted by molar-refractivity contribution is 0.146. The van der Waals surface area contributed by atoms with Gasteiger partial charge in [0.15, 0.2) is 5.82 Å². The molecule has 0 fully saturated rings. The molecule has 2 aromatic rings. The van der Waals surface area contributed by atoms with E-state index < -0.39 is 6.09 Å². The Balaban J connectivity index is 1.68. The molecule has 2 rings (SSSR count). The minimum absolute atomic E-state index is 0.0335. The van der Waals surface area contributed by atoms with Crippen molar-refractivity contribution >= 4 is 45.5 Å². The summed E-state index contributed by atoms with van der Waals surface area (Å²) in [6, 6.07) is 6.96. The Hall–Kier alpha value is -2.39. The van der Waals surface area contributed by atoms with Crippen molar-refractivity contribution in [3.8, 4) is 0 Å². The van der Waals surface area contributed by atoms with Gasteiger partial charge in [0.25, 0.3) is 0 Å². The number of urea groups is 1. The topological polar surface area (TPSA) is 96.4 Å². The van der Waals surface area contributed by atoms with Crippen molar-refractivity contribution < 1.29 is 14.3 Å². The molecule has 3 amide bonds. The lowest BCUT2D eigenvalue weighted by Gasteiger charge is -2.18. The van der Waals surface area contributed by atoms with Gasteiger partial charge in [-0.05, 0) is 27.6 Å². The van der Waals surface area contributed by atoms with Gasteiger partial charge in [0.2, 0.25) is 0 Å².